The number of aromatic nitrogens is 3. The number of carboxylic acids is 1. The number of nitrogens with one attached hydrogen (secondary N) is 2. The molecule has 1 atom stereocenters. The summed E-state index contributed by atoms with van der Waals surface area (Å²) in [7, 11) is 1.31. The van der Waals surface area contributed by atoms with Gasteiger partial charge in [-0.25, -0.2) is 24.0 Å². The van der Waals surface area contributed by atoms with Crippen molar-refractivity contribution >= 4 is 47.4 Å². The standard InChI is InChI=1S/C19H16N4O6.C12H13N3O2.ClH/c1-29-18(28)10-2-4-11-9(6-10)3-5-12(11)21-16(25)13-7-14(17(26)27)23-15(24)8-20-19(23)22-13;13-5-7-2-1-3-8(4-7)6-15-10-9(14)11(16)12(10)17;/h2,4,6-8,12,24H,3,5H2,1H3,(H,21,25)(H,26,27);1-4,15H,5-6,13-14H2;1H/t12-;;/m0../s1. The van der Waals surface area contributed by atoms with E-state index in [2.05, 4.69) is 20.6 Å². The summed E-state index contributed by atoms with van der Waals surface area (Å²) in [5.74, 6) is -2.80. The number of imidazole rings is 1. The van der Waals surface area contributed by atoms with Gasteiger partial charge in [0.05, 0.1) is 24.9 Å². The van der Waals surface area contributed by atoms with Gasteiger partial charge in [0.2, 0.25) is 11.7 Å². The van der Waals surface area contributed by atoms with E-state index in [9.17, 15) is 34.2 Å². The summed E-state index contributed by atoms with van der Waals surface area (Å²) in [6, 6.07) is 13.6. The Morgan fingerprint density at radius 1 is 1.09 bits per heavy atom. The molecule has 0 saturated heterocycles. The van der Waals surface area contributed by atoms with Crippen LogP contribution in [0.4, 0.5) is 11.4 Å². The third kappa shape index (κ3) is 6.90. The van der Waals surface area contributed by atoms with Gasteiger partial charge in [-0.15, -0.1) is 12.4 Å². The first-order valence-electron chi connectivity index (χ1n) is 14.0. The van der Waals surface area contributed by atoms with Gasteiger partial charge in [0.25, 0.3) is 16.8 Å². The maximum atomic E-state index is 12.7. The zero-order chi connectivity index (χ0) is 33.1. The molecule has 8 N–H and O–H groups in total. The number of hydrogen-bond donors (Lipinski definition) is 6. The molecule has 2 aromatic heterocycles. The van der Waals surface area contributed by atoms with Crippen LogP contribution in [-0.2, 0) is 24.2 Å². The Morgan fingerprint density at radius 3 is 2.51 bits per heavy atom. The Hall–Kier alpha value is -5.80. The zero-order valence-electron chi connectivity index (χ0n) is 24.9. The molecule has 3 aromatic carbocycles. The number of fused-ring (bicyclic) bond motifs is 2. The lowest BCUT2D eigenvalue weighted by Gasteiger charge is -2.14. The number of carbonyl (C=O) groups is 3. The molecule has 2 heterocycles. The van der Waals surface area contributed by atoms with E-state index in [0.717, 1.165) is 38.9 Å². The van der Waals surface area contributed by atoms with Gasteiger partial charge in [0.1, 0.15) is 22.8 Å². The third-order valence-corrected chi connectivity index (χ3v) is 7.50. The fourth-order valence-electron chi connectivity index (χ4n) is 5.14. The summed E-state index contributed by atoms with van der Waals surface area (Å²) in [6.07, 6.45) is 2.36. The van der Waals surface area contributed by atoms with Gasteiger partial charge in [-0.2, -0.15) is 0 Å². The summed E-state index contributed by atoms with van der Waals surface area (Å²) >= 11 is 0. The number of aromatic carboxylic acids is 1. The van der Waals surface area contributed by atoms with E-state index in [1.807, 2.05) is 24.3 Å². The number of hydrogen-bond acceptors (Lipinski definition) is 12. The van der Waals surface area contributed by atoms with Crippen molar-refractivity contribution in [1.82, 2.24) is 19.7 Å². The normalized spacial score (nSPS) is 13.2. The number of rotatable bonds is 8. The number of aryl methyl sites for hydroxylation is 1. The van der Waals surface area contributed by atoms with Crippen molar-refractivity contribution in [3.05, 3.63) is 114 Å². The minimum absolute atomic E-state index is 0. The van der Waals surface area contributed by atoms with Crippen LogP contribution in [-0.4, -0.2) is 49.5 Å². The number of benzene rings is 2. The summed E-state index contributed by atoms with van der Waals surface area (Å²) < 4.78 is 5.66. The van der Waals surface area contributed by atoms with E-state index >= 15 is 0 Å². The molecule has 47 heavy (non-hydrogen) atoms. The Morgan fingerprint density at radius 2 is 1.83 bits per heavy atom. The maximum Gasteiger partial charge on any atom is 0.353 e. The molecule has 5 aromatic rings. The first-order chi connectivity index (χ1) is 22.0. The number of nitrogens with zero attached hydrogens (tertiary/aromatic N) is 3. The van der Waals surface area contributed by atoms with Crippen LogP contribution >= 0.6 is 12.4 Å². The second-order valence-electron chi connectivity index (χ2n) is 10.4. The second-order valence-corrected chi connectivity index (χ2v) is 10.4. The van der Waals surface area contributed by atoms with Crippen LogP contribution in [0.1, 0.15) is 66.1 Å². The van der Waals surface area contributed by atoms with Crippen molar-refractivity contribution < 1.29 is 29.3 Å². The number of methoxy groups -OCH3 is 1. The van der Waals surface area contributed by atoms with Crippen LogP contribution in [0.3, 0.4) is 0 Å². The summed E-state index contributed by atoms with van der Waals surface area (Å²) in [5.41, 5.74) is 13.8. The van der Waals surface area contributed by atoms with Gasteiger partial charge >= 0.3 is 11.9 Å². The van der Waals surface area contributed by atoms with Gasteiger partial charge < -0.3 is 37.1 Å². The molecule has 0 unspecified atom stereocenters. The molecule has 244 valence electrons. The smallest absolute Gasteiger partial charge is 0.353 e. The Labute approximate surface area is 272 Å². The number of nitrogen functional groups attached to an aromatic ring is 1. The van der Waals surface area contributed by atoms with Crippen LogP contribution in [0.2, 0.25) is 0 Å². The first-order valence-corrected chi connectivity index (χ1v) is 14.0. The predicted octanol–water partition coefficient (Wildman–Crippen LogP) is 1.69. The SMILES string of the molecule is COC(=O)c1ccc2c(c1)CC[C@@H]2NC(=O)c1cc(C(=O)O)n2c(O)cnc2n1.Cl.NCc1cccc(CNc2c(N)c(=O)c2=O)c1. The second kappa shape index (κ2) is 14.1. The molecule has 6 rings (SSSR count). The molecule has 0 fully saturated rings. The number of nitrogens with two attached hydrogens (primary N) is 2. The lowest BCUT2D eigenvalue weighted by molar-refractivity contribution is 0.0599. The average Bonchev–Trinajstić information content (AvgIpc) is 3.66. The van der Waals surface area contributed by atoms with E-state index in [0.29, 0.717) is 31.5 Å². The molecule has 0 bridgehead atoms. The molecule has 1 amide bonds. The quantitative estimate of drug-likeness (QED) is 0.102. The minimum Gasteiger partial charge on any atom is -0.493 e. The number of ether oxygens (including phenoxy) is 1. The van der Waals surface area contributed by atoms with E-state index in [-0.39, 0.29) is 52.9 Å². The van der Waals surface area contributed by atoms with E-state index in [1.54, 1.807) is 18.2 Å². The van der Waals surface area contributed by atoms with Gasteiger partial charge in [-0.3, -0.25) is 14.4 Å². The molecule has 0 aliphatic heterocycles. The highest BCUT2D eigenvalue weighted by Crippen LogP contribution is 2.32. The summed E-state index contributed by atoms with van der Waals surface area (Å²) in [5, 5.41) is 24.8. The number of carbonyl (C=O) groups excluding carboxylic acids is 2. The van der Waals surface area contributed by atoms with Crippen molar-refractivity contribution in [2.24, 2.45) is 5.73 Å². The van der Waals surface area contributed by atoms with Gasteiger partial charge in [-0.05, 0) is 47.2 Å². The molecule has 1 aliphatic rings. The number of carboxylic acid groups (broad SMARTS) is 1. The molecule has 0 spiro atoms. The molecule has 1 aliphatic carbocycles. The largest absolute Gasteiger partial charge is 0.493 e. The number of amides is 1. The number of esters is 1. The third-order valence-electron chi connectivity index (χ3n) is 7.50. The number of halogens is 1. The lowest BCUT2D eigenvalue weighted by atomic mass is 10.0. The van der Waals surface area contributed by atoms with Crippen molar-refractivity contribution in [2.75, 3.05) is 18.2 Å². The fraction of sp³-hybridized carbons (Fsp3) is 0.194. The van der Waals surface area contributed by atoms with Crippen LogP contribution in [0, 0.1) is 0 Å². The molecule has 0 radical (unpaired) electrons. The van der Waals surface area contributed by atoms with Crippen LogP contribution in [0.5, 0.6) is 5.88 Å². The highest BCUT2D eigenvalue weighted by Gasteiger charge is 2.27. The van der Waals surface area contributed by atoms with Gasteiger partial charge in [0.15, 0.2) is 0 Å². The van der Waals surface area contributed by atoms with E-state index in [1.165, 1.54) is 7.11 Å². The Kier molecular flexibility index (Phi) is 10.2. The first kappa shape index (κ1) is 34.1. The average molecular weight is 664 g/mol. The lowest BCUT2D eigenvalue weighted by Crippen LogP contribution is -2.36. The monoisotopic (exact) mass is 663 g/mol. The summed E-state index contributed by atoms with van der Waals surface area (Å²) in [4.78, 5) is 65.8. The van der Waals surface area contributed by atoms with Crippen molar-refractivity contribution in [3.63, 3.8) is 0 Å². The molecular weight excluding hydrogens is 634 g/mol. The molecular formula is C31H30ClN7O8. The Bertz CT molecular complexity index is 2070. The van der Waals surface area contributed by atoms with E-state index in [4.69, 9.17) is 16.2 Å². The van der Waals surface area contributed by atoms with Crippen molar-refractivity contribution in [1.29, 1.82) is 0 Å². The van der Waals surface area contributed by atoms with Crippen molar-refractivity contribution in [3.8, 4) is 5.88 Å². The van der Waals surface area contributed by atoms with Crippen molar-refractivity contribution in [2.45, 2.75) is 32.0 Å². The van der Waals surface area contributed by atoms with Crippen LogP contribution < -0.4 is 33.0 Å². The highest BCUT2D eigenvalue weighted by atomic mass is 35.5. The van der Waals surface area contributed by atoms with Crippen LogP contribution in [0.15, 0.2) is 64.3 Å². The molecule has 0 saturated carbocycles. The molecule has 15 nitrogen and oxygen atoms in total. The maximum absolute atomic E-state index is 12.7. The zero-order valence-corrected chi connectivity index (χ0v) is 25.7. The topological polar surface area (TPSA) is 241 Å². The minimum atomic E-state index is -1.33. The highest BCUT2D eigenvalue weighted by molar-refractivity contribution is 5.96. The number of aromatic hydroxyl groups is 1. The number of anilines is 2. The van der Waals surface area contributed by atoms with E-state index < -0.39 is 28.7 Å². The van der Waals surface area contributed by atoms with Gasteiger partial charge in [-0.1, -0.05) is 30.3 Å². The predicted molar refractivity (Wildman–Crippen MR) is 173 cm³/mol. The van der Waals surface area contributed by atoms with Gasteiger partial charge in [0, 0.05) is 19.2 Å². The molecule has 16 heteroatoms. The fourth-order valence-corrected chi connectivity index (χ4v) is 5.14. The van der Waals surface area contributed by atoms with Crippen LogP contribution in [0.25, 0.3) is 5.78 Å². The summed E-state index contributed by atoms with van der Waals surface area (Å²) in [6.45, 7) is 0.916. The Balaban J connectivity index is 0.000000238.